The summed E-state index contributed by atoms with van der Waals surface area (Å²) < 4.78 is 23.3. The molecule has 0 radical (unpaired) electrons. The summed E-state index contributed by atoms with van der Waals surface area (Å²) in [5.74, 6) is -0.236. The molecule has 0 aliphatic heterocycles. The van der Waals surface area contributed by atoms with Crippen LogP contribution in [0, 0.1) is 5.82 Å². The lowest BCUT2D eigenvalue weighted by molar-refractivity contribution is 0.0569. The van der Waals surface area contributed by atoms with Gasteiger partial charge in [0.05, 0.1) is 25.2 Å². The minimum absolute atomic E-state index is 0.196. The molecule has 0 fully saturated rings. The molecule has 0 saturated heterocycles. The molecule has 96 valence electrons. The Morgan fingerprint density at radius 2 is 2.17 bits per heavy atom. The van der Waals surface area contributed by atoms with Crippen LogP contribution < -0.4 is 4.74 Å². The average molecular weight is 250 g/mol. The fraction of sp³-hybridized carbons (Fsp3) is 0.286. The van der Waals surface area contributed by atoms with Crippen molar-refractivity contribution in [2.45, 2.75) is 18.9 Å². The van der Waals surface area contributed by atoms with Crippen molar-refractivity contribution in [2.75, 3.05) is 7.11 Å². The summed E-state index contributed by atoms with van der Waals surface area (Å²) in [4.78, 5) is 0. The number of furan rings is 1. The summed E-state index contributed by atoms with van der Waals surface area (Å²) in [6, 6.07) is 6.35. The Hall–Kier alpha value is -1.81. The number of methoxy groups -OCH3 is 1. The van der Waals surface area contributed by atoms with E-state index in [0.717, 1.165) is 0 Å². The van der Waals surface area contributed by atoms with Crippen LogP contribution in [-0.4, -0.2) is 12.2 Å². The van der Waals surface area contributed by atoms with Gasteiger partial charge in [0, 0.05) is 12.0 Å². The van der Waals surface area contributed by atoms with E-state index in [1.165, 1.54) is 25.7 Å². The summed E-state index contributed by atoms with van der Waals surface area (Å²) in [7, 11) is 1.42. The van der Waals surface area contributed by atoms with Gasteiger partial charge in [-0.15, -0.1) is 0 Å². The molecular formula is C14H15FO3. The van der Waals surface area contributed by atoms with Crippen LogP contribution in [0.15, 0.2) is 41.2 Å². The minimum Gasteiger partial charge on any atom is -0.494 e. The van der Waals surface area contributed by atoms with Crippen LogP contribution in [0.25, 0.3) is 0 Å². The number of aliphatic hydroxyl groups is 1. The van der Waals surface area contributed by atoms with E-state index in [1.807, 2.05) is 0 Å². The SMILES string of the molecule is COc1ccc(CC(C)(O)c2ccoc2)cc1F. The second-order valence-corrected chi connectivity index (χ2v) is 4.43. The molecule has 3 nitrogen and oxygen atoms in total. The smallest absolute Gasteiger partial charge is 0.165 e. The molecule has 18 heavy (non-hydrogen) atoms. The van der Waals surface area contributed by atoms with Crippen LogP contribution in [0.3, 0.4) is 0 Å². The molecule has 1 heterocycles. The Balaban J connectivity index is 2.21. The first kappa shape index (κ1) is 12.6. The van der Waals surface area contributed by atoms with Gasteiger partial charge in [0.1, 0.15) is 0 Å². The quantitative estimate of drug-likeness (QED) is 0.907. The van der Waals surface area contributed by atoms with E-state index in [2.05, 4.69) is 0 Å². The van der Waals surface area contributed by atoms with E-state index in [4.69, 9.17) is 9.15 Å². The van der Waals surface area contributed by atoms with Crippen molar-refractivity contribution in [3.8, 4) is 5.75 Å². The van der Waals surface area contributed by atoms with Gasteiger partial charge in [-0.1, -0.05) is 6.07 Å². The van der Waals surface area contributed by atoms with Gasteiger partial charge in [0.15, 0.2) is 11.6 Å². The summed E-state index contributed by atoms with van der Waals surface area (Å²) in [6.45, 7) is 1.67. The summed E-state index contributed by atoms with van der Waals surface area (Å²) in [5, 5.41) is 10.3. The van der Waals surface area contributed by atoms with E-state index >= 15 is 0 Å². The molecule has 1 unspecified atom stereocenters. The molecule has 0 aliphatic carbocycles. The molecule has 4 heteroatoms. The van der Waals surface area contributed by atoms with Crippen molar-refractivity contribution < 1.29 is 18.7 Å². The summed E-state index contributed by atoms with van der Waals surface area (Å²) in [6.07, 6.45) is 3.28. The van der Waals surface area contributed by atoms with Crippen LogP contribution in [-0.2, 0) is 12.0 Å². The lowest BCUT2D eigenvalue weighted by Gasteiger charge is -2.22. The van der Waals surface area contributed by atoms with Gasteiger partial charge in [0.25, 0.3) is 0 Å². The Morgan fingerprint density at radius 1 is 1.39 bits per heavy atom. The Morgan fingerprint density at radius 3 is 2.72 bits per heavy atom. The zero-order chi connectivity index (χ0) is 13.2. The third-order valence-electron chi connectivity index (χ3n) is 2.91. The maximum absolute atomic E-state index is 13.5. The predicted octanol–water partition coefficient (Wildman–Crippen LogP) is 2.88. The predicted molar refractivity (Wildman–Crippen MR) is 64.9 cm³/mol. The largest absolute Gasteiger partial charge is 0.494 e. The number of rotatable bonds is 4. The molecule has 1 aromatic carbocycles. The highest BCUT2D eigenvalue weighted by Gasteiger charge is 2.25. The summed E-state index contributed by atoms with van der Waals surface area (Å²) in [5.41, 5.74) is 0.270. The van der Waals surface area contributed by atoms with Crippen LogP contribution in [0.2, 0.25) is 0 Å². The Labute approximate surface area is 105 Å². The van der Waals surface area contributed by atoms with Crippen molar-refractivity contribution in [1.29, 1.82) is 0 Å². The first-order valence-electron chi connectivity index (χ1n) is 5.60. The molecule has 0 bridgehead atoms. The highest BCUT2D eigenvalue weighted by atomic mass is 19.1. The van der Waals surface area contributed by atoms with E-state index in [9.17, 15) is 9.50 Å². The highest BCUT2D eigenvalue weighted by Crippen LogP contribution is 2.27. The number of halogens is 1. The van der Waals surface area contributed by atoms with Gasteiger partial charge in [-0.2, -0.15) is 0 Å². The maximum atomic E-state index is 13.5. The number of benzene rings is 1. The first-order valence-corrected chi connectivity index (χ1v) is 5.60. The van der Waals surface area contributed by atoms with Gasteiger partial charge < -0.3 is 14.3 Å². The maximum Gasteiger partial charge on any atom is 0.165 e. The van der Waals surface area contributed by atoms with Crippen LogP contribution in [0.5, 0.6) is 5.75 Å². The van der Waals surface area contributed by atoms with Gasteiger partial charge >= 0.3 is 0 Å². The van der Waals surface area contributed by atoms with Crippen molar-refractivity contribution in [1.82, 2.24) is 0 Å². The molecule has 0 saturated carbocycles. The van der Waals surface area contributed by atoms with Crippen molar-refractivity contribution in [2.24, 2.45) is 0 Å². The Kier molecular flexibility index (Phi) is 3.39. The van der Waals surface area contributed by atoms with Crippen LogP contribution in [0.1, 0.15) is 18.1 Å². The molecule has 1 aromatic heterocycles. The fourth-order valence-electron chi connectivity index (χ4n) is 1.89. The third-order valence-corrected chi connectivity index (χ3v) is 2.91. The van der Waals surface area contributed by atoms with Crippen molar-refractivity contribution in [3.63, 3.8) is 0 Å². The Bertz CT molecular complexity index is 518. The van der Waals surface area contributed by atoms with E-state index in [0.29, 0.717) is 17.5 Å². The lowest BCUT2D eigenvalue weighted by atomic mass is 9.91. The molecule has 1 N–H and O–H groups in total. The summed E-state index contributed by atoms with van der Waals surface area (Å²) >= 11 is 0. The fourth-order valence-corrected chi connectivity index (χ4v) is 1.89. The molecule has 0 aliphatic rings. The van der Waals surface area contributed by atoms with E-state index in [-0.39, 0.29) is 5.75 Å². The van der Waals surface area contributed by atoms with Gasteiger partial charge in [-0.05, 0) is 30.7 Å². The highest BCUT2D eigenvalue weighted by molar-refractivity contribution is 5.31. The van der Waals surface area contributed by atoms with Crippen LogP contribution in [0.4, 0.5) is 4.39 Å². The molecule has 0 amide bonds. The van der Waals surface area contributed by atoms with Gasteiger partial charge in [-0.25, -0.2) is 4.39 Å². The normalized spacial score (nSPS) is 14.2. The first-order chi connectivity index (χ1) is 8.53. The lowest BCUT2D eigenvalue weighted by Crippen LogP contribution is -2.23. The number of ether oxygens (including phenoxy) is 1. The molecule has 2 aromatic rings. The minimum atomic E-state index is -1.09. The molecule has 0 spiro atoms. The van der Waals surface area contributed by atoms with Crippen molar-refractivity contribution >= 4 is 0 Å². The van der Waals surface area contributed by atoms with E-state index in [1.54, 1.807) is 25.1 Å². The van der Waals surface area contributed by atoms with Gasteiger partial charge in [-0.3, -0.25) is 0 Å². The zero-order valence-corrected chi connectivity index (χ0v) is 10.3. The number of hydrogen-bond donors (Lipinski definition) is 1. The number of hydrogen-bond acceptors (Lipinski definition) is 3. The van der Waals surface area contributed by atoms with Gasteiger partial charge in [0.2, 0.25) is 0 Å². The second-order valence-electron chi connectivity index (χ2n) is 4.43. The monoisotopic (exact) mass is 250 g/mol. The average Bonchev–Trinajstić information content (AvgIpc) is 2.82. The van der Waals surface area contributed by atoms with Crippen LogP contribution >= 0.6 is 0 Å². The topological polar surface area (TPSA) is 42.6 Å². The molecule has 1 atom stereocenters. The zero-order valence-electron chi connectivity index (χ0n) is 10.3. The van der Waals surface area contributed by atoms with E-state index < -0.39 is 11.4 Å². The molecule has 2 rings (SSSR count). The molecular weight excluding hydrogens is 235 g/mol. The standard InChI is InChI=1S/C14H15FO3/c1-14(16,11-5-6-18-9-11)8-10-3-4-13(17-2)12(15)7-10/h3-7,9,16H,8H2,1-2H3. The van der Waals surface area contributed by atoms with Crippen molar-refractivity contribution in [3.05, 3.63) is 53.7 Å². The second kappa shape index (κ2) is 4.82. The third kappa shape index (κ3) is 2.54.